The van der Waals surface area contributed by atoms with Gasteiger partial charge in [0.15, 0.2) is 11.4 Å². The van der Waals surface area contributed by atoms with E-state index in [9.17, 15) is 25.2 Å². The van der Waals surface area contributed by atoms with Crippen LogP contribution in [0.5, 0.6) is 0 Å². The summed E-state index contributed by atoms with van der Waals surface area (Å²) >= 11 is 1.02. The quantitative estimate of drug-likeness (QED) is 0.422. The van der Waals surface area contributed by atoms with Crippen molar-refractivity contribution in [2.24, 2.45) is 0 Å². The zero-order chi connectivity index (χ0) is 19.6. The maximum atomic E-state index is 12.5. The van der Waals surface area contributed by atoms with Gasteiger partial charge in [0.2, 0.25) is 5.78 Å². The Kier molecular flexibility index (Phi) is 5.81. The number of aliphatic hydroxyl groups excluding tert-OH is 4. The lowest BCUT2D eigenvalue weighted by atomic mass is 9.98. The van der Waals surface area contributed by atoms with Gasteiger partial charge in [-0.3, -0.25) is 4.79 Å². The molecule has 5 unspecified atom stereocenters. The first kappa shape index (κ1) is 19.4. The van der Waals surface area contributed by atoms with Gasteiger partial charge in [0.25, 0.3) is 0 Å². The molecular weight excluding hydrogens is 374 g/mol. The molecule has 1 fully saturated rings. The highest BCUT2D eigenvalue weighted by Gasteiger charge is 2.43. The van der Waals surface area contributed by atoms with E-state index >= 15 is 0 Å². The lowest BCUT2D eigenvalue weighted by Gasteiger charge is -2.40. The van der Waals surface area contributed by atoms with Crippen molar-refractivity contribution in [1.29, 1.82) is 5.26 Å². The number of benzene rings is 1. The minimum atomic E-state index is -1.51. The average Bonchev–Trinajstić information content (AvgIpc) is 3.16. The number of rotatable bonds is 5. The number of carbonyl (C=O) groups excluding carboxylic acids is 1. The van der Waals surface area contributed by atoms with Crippen LogP contribution in [-0.2, 0) is 4.74 Å². The third-order valence-corrected chi connectivity index (χ3v) is 5.09. The number of ether oxygens (including phenoxy) is 1. The Morgan fingerprint density at radius 1 is 1.22 bits per heavy atom. The molecule has 1 aliphatic heterocycles. The van der Waals surface area contributed by atoms with Crippen LogP contribution in [0.25, 0.3) is 0 Å². The lowest BCUT2D eigenvalue weighted by molar-refractivity contribution is -0.221. The van der Waals surface area contributed by atoms with Crippen molar-refractivity contribution < 1.29 is 30.0 Å². The first-order valence-corrected chi connectivity index (χ1v) is 8.84. The van der Waals surface area contributed by atoms with Gasteiger partial charge >= 0.3 is 0 Å². The van der Waals surface area contributed by atoms with Gasteiger partial charge in [-0.05, 0) is 24.3 Å². The van der Waals surface area contributed by atoms with Gasteiger partial charge in [-0.2, -0.15) is 5.26 Å². The molecule has 5 atom stereocenters. The Labute approximate surface area is 158 Å². The zero-order valence-corrected chi connectivity index (χ0v) is 14.7. The molecule has 0 spiro atoms. The van der Waals surface area contributed by atoms with Crippen molar-refractivity contribution >= 4 is 22.3 Å². The van der Waals surface area contributed by atoms with Gasteiger partial charge in [0.05, 0.1) is 29.3 Å². The Bertz CT molecular complexity index is 847. The predicted octanol–water partition coefficient (Wildman–Crippen LogP) is -0.542. The summed E-state index contributed by atoms with van der Waals surface area (Å²) in [5.74, 6) is -0.279. The van der Waals surface area contributed by atoms with Crippen LogP contribution >= 0.6 is 11.3 Å². The van der Waals surface area contributed by atoms with E-state index in [2.05, 4.69) is 10.3 Å². The van der Waals surface area contributed by atoms with Crippen LogP contribution in [0.3, 0.4) is 0 Å². The molecule has 2 aromatic rings. The summed E-state index contributed by atoms with van der Waals surface area (Å²) < 4.78 is 5.34. The van der Waals surface area contributed by atoms with Crippen molar-refractivity contribution in [1.82, 2.24) is 4.98 Å². The Morgan fingerprint density at radius 3 is 2.56 bits per heavy atom. The number of nitrogens with zero attached hydrogens (tertiary/aromatic N) is 2. The molecule has 0 aliphatic carbocycles. The smallest absolute Gasteiger partial charge is 0.204 e. The molecule has 10 heteroatoms. The molecule has 1 aliphatic rings. The minimum absolute atomic E-state index is 0.260. The van der Waals surface area contributed by atoms with E-state index in [-0.39, 0.29) is 10.9 Å². The van der Waals surface area contributed by atoms with Crippen molar-refractivity contribution in [3.63, 3.8) is 0 Å². The second-order valence-corrected chi connectivity index (χ2v) is 6.97. The van der Waals surface area contributed by atoms with Gasteiger partial charge in [0, 0.05) is 5.56 Å². The Hall–Kier alpha value is -2.39. The number of hydrogen-bond donors (Lipinski definition) is 5. The summed E-state index contributed by atoms with van der Waals surface area (Å²) in [6, 6.07) is 8.16. The van der Waals surface area contributed by atoms with Crippen LogP contribution in [0.4, 0.5) is 5.13 Å². The summed E-state index contributed by atoms with van der Waals surface area (Å²) in [4.78, 5) is 16.9. The molecule has 1 aromatic carbocycles. The van der Waals surface area contributed by atoms with Gasteiger partial charge in [-0.15, -0.1) is 0 Å². The van der Waals surface area contributed by atoms with Crippen molar-refractivity contribution in [2.45, 2.75) is 30.6 Å². The molecule has 27 heavy (non-hydrogen) atoms. The van der Waals surface area contributed by atoms with Gasteiger partial charge in [0.1, 0.15) is 24.4 Å². The average molecular weight is 391 g/mol. The molecule has 9 nitrogen and oxygen atoms in total. The number of nitriles is 1. The highest BCUT2D eigenvalue weighted by Crippen LogP contribution is 2.26. The molecule has 0 saturated carbocycles. The van der Waals surface area contributed by atoms with Crippen LogP contribution in [0.15, 0.2) is 30.5 Å². The van der Waals surface area contributed by atoms with E-state index in [0.717, 1.165) is 11.3 Å². The van der Waals surface area contributed by atoms with Crippen LogP contribution in [-0.4, -0.2) is 68.4 Å². The molecule has 0 amide bonds. The number of carbonyl (C=O) groups is 1. The van der Waals surface area contributed by atoms with Crippen LogP contribution in [0, 0.1) is 11.3 Å². The Balaban J connectivity index is 1.71. The molecule has 3 rings (SSSR count). The number of aliphatic hydroxyl groups is 4. The van der Waals surface area contributed by atoms with Gasteiger partial charge in [-0.1, -0.05) is 11.3 Å². The topological polar surface area (TPSA) is 156 Å². The largest absolute Gasteiger partial charge is 0.394 e. The Morgan fingerprint density at radius 2 is 1.93 bits per heavy atom. The SMILES string of the molecule is N#Cc1ccc(C(=O)c2cnc(NC3OC(CO)C(O)C(O)C3O)s2)cc1. The fourth-order valence-electron chi connectivity index (χ4n) is 2.63. The number of thiazole rings is 1. The first-order valence-electron chi connectivity index (χ1n) is 8.02. The molecule has 0 radical (unpaired) electrons. The zero-order valence-electron chi connectivity index (χ0n) is 13.9. The number of anilines is 1. The minimum Gasteiger partial charge on any atom is -0.394 e. The third kappa shape index (κ3) is 3.98. The van der Waals surface area contributed by atoms with E-state index in [1.165, 1.54) is 6.20 Å². The van der Waals surface area contributed by atoms with Crippen molar-refractivity contribution in [3.05, 3.63) is 46.5 Å². The summed E-state index contributed by atoms with van der Waals surface area (Å²) in [7, 11) is 0. The fraction of sp³-hybridized carbons (Fsp3) is 0.353. The lowest BCUT2D eigenvalue weighted by Crippen LogP contribution is -2.60. The standard InChI is InChI=1S/C17H17N3O6S/c18-5-8-1-3-9(4-2-8)12(22)11-6-19-17(27-11)20-16-15(25)14(24)13(23)10(7-21)26-16/h1-4,6,10,13-16,21,23-25H,7H2,(H,19,20). The number of ketones is 1. The predicted molar refractivity (Wildman–Crippen MR) is 94.1 cm³/mol. The normalized spacial score (nSPS) is 27.7. The molecule has 1 aromatic heterocycles. The van der Waals surface area contributed by atoms with Gasteiger partial charge in [-0.25, -0.2) is 4.98 Å². The molecule has 142 valence electrons. The van der Waals surface area contributed by atoms with Crippen LogP contribution in [0.2, 0.25) is 0 Å². The van der Waals surface area contributed by atoms with E-state index in [1.54, 1.807) is 24.3 Å². The number of nitrogens with one attached hydrogen (secondary N) is 1. The third-order valence-electron chi connectivity index (χ3n) is 4.16. The highest BCUT2D eigenvalue weighted by molar-refractivity contribution is 7.17. The first-order chi connectivity index (χ1) is 12.9. The highest BCUT2D eigenvalue weighted by atomic mass is 32.1. The molecular formula is C17H17N3O6S. The van der Waals surface area contributed by atoms with E-state index in [0.29, 0.717) is 16.0 Å². The maximum absolute atomic E-state index is 12.5. The summed E-state index contributed by atoms with van der Waals surface area (Å²) in [5.41, 5.74) is 0.845. The van der Waals surface area contributed by atoms with Crippen molar-refractivity contribution in [2.75, 3.05) is 11.9 Å². The number of hydrogen-bond acceptors (Lipinski definition) is 10. The molecule has 0 bridgehead atoms. The van der Waals surface area contributed by atoms with Crippen LogP contribution in [0.1, 0.15) is 20.8 Å². The second kappa shape index (κ2) is 8.10. The maximum Gasteiger partial charge on any atom is 0.204 e. The summed E-state index contributed by atoms with van der Waals surface area (Å²) in [6.07, 6.45) is -5.21. The fourth-order valence-corrected chi connectivity index (χ4v) is 3.43. The molecule has 2 heterocycles. The number of aromatic nitrogens is 1. The molecule has 1 saturated heterocycles. The second-order valence-electron chi connectivity index (χ2n) is 5.94. The van der Waals surface area contributed by atoms with Crippen molar-refractivity contribution in [3.8, 4) is 6.07 Å². The summed E-state index contributed by atoms with van der Waals surface area (Å²) in [5, 5.41) is 50.6. The van der Waals surface area contributed by atoms with Crippen LogP contribution < -0.4 is 5.32 Å². The monoisotopic (exact) mass is 391 g/mol. The summed E-state index contributed by atoms with van der Waals surface area (Å²) in [6.45, 7) is -0.538. The van der Waals surface area contributed by atoms with E-state index < -0.39 is 37.3 Å². The van der Waals surface area contributed by atoms with E-state index in [1.807, 2.05) is 6.07 Å². The molecule has 5 N–H and O–H groups in total. The van der Waals surface area contributed by atoms with E-state index in [4.69, 9.17) is 10.00 Å². The van der Waals surface area contributed by atoms with Gasteiger partial charge < -0.3 is 30.5 Å².